The second-order valence-electron chi connectivity index (χ2n) is 5.33. The highest BCUT2D eigenvalue weighted by Crippen LogP contribution is 2.13. The first-order valence-electron chi connectivity index (χ1n) is 7.22. The van der Waals surface area contributed by atoms with E-state index >= 15 is 0 Å². The van der Waals surface area contributed by atoms with Gasteiger partial charge >= 0.3 is 5.97 Å². The van der Waals surface area contributed by atoms with Crippen LogP contribution in [-0.2, 0) is 9.53 Å². The molecule has 2 aromatic rings. The summed E-state index contributed by atoms with van der Waals surface area (Å²) in [5, 5.41) is 6.81. The van der Waals surface area contributed by atoms with Gasteiger partial charge in [0.1, 0.15) is 5.82 Å². The Bertz CT molecular complexity index is 693. The minimum Gasteiger partial charge on any atom is -0.448 e. The van der Waals surface area contributed by atoms with Crippen LogP contribution in [0.3, 0.4) is 0 Å². The van der Waals surface area contributed by atoms with Crippen LogP contribution in [0.5, 0.6) is 0 Å². The van der Waals surface area contributed by atoms with E-state index in [0.717, 1.165) is 0 Å². The van der Waals surface area contributed by atoms with Gasteiger partial charge in [0.05, 0.1) is 18.1 Å². The number of aromatic nitrogens is 4. The summed E-state index contributed by atoms with van der Waals surface area (Å²) in [5.74, 6) is -0.596. The summed E-state index contributed by atoms with van der Waals surface area (Å²) >= 11 is 0. The summed E-state index contributed by atoms with van der Waals surface area (Å²) in [7, 11) is 0. The van der Waals surface area contributed by atoms with Crippen LogP contribution in [0.2, 0.25) is 0 Å². The van der Waals surface area contributed by atoms with Crippen molar-refractivity contribution in [1.82, 2.24) is 19.7 Å². The monoisotopic (exact) mass is 317 g/mol. The third kappa shape index (κ3) is 4.12. The molecule has 0 aliphatic heterocycles. The molecule has 1 amide bonds. The first-order chi connectivity index (χ1) is 10.9. The number of amides is 1. The van der Waals surface area contributed by atoms with E-state index < -0.39 is 18.0 Å². The van der Waals surface area contributed by atoms with Crippen molar-refractivity contribution in [3.63, 3.8) is 0 Å². The van der Waals surface area contributed by atoms with Crippen LogP contribution < -0.4 is 5.32 Å². The summed E-state index contributed by atoms with van der Waals surface area (Å²) in [6.07, 6.45) is 3.40. The highest BCUT2D eigenvalue weighted by molar-refractivity contribution is 5.96. The van der Waals surface area contributed by atoms with Crippen molar-refractivity contribution in [3.05, 3.63) is 36.0 Å². The molecule has 0 saturated carbocycles. The third-order valence-corrected chi connectivity index (χ3v) is 3.05. The molecule has 0 spiro atoms. The zero-order valence-corrected chi connectivity index (χ0v) is 13.5. The molecule has 2 rings (SSSR count). The molecule has 0 saturated heterocycles. The number of nitrogens with zero attached hydrogens (tertiary/aromatic N) is 4. The molecule has 0 bridgehead atoms. The fourth-order valence-electron chi connectivity index (χ4n) is 1.83. The Hall–Kier alpha value is -2.77. The molecule has 8 heteroatoms. The standard InChI is InChI=1S/C15H19N5O3/c1-9(2)20-13(5-6-18-20)19-14(21)11(4)23-15(22)12-8-16-10(3)7-17-12/h5-9,11H,1-4H3,(H,19,21)/t11-/m0/s1. The number of hydrogen-bond donors (Lipinski definition) is 1. The van der Waals surface area contributed by atoms with Crippen LogP contribution in [0.4, 0.5) is 5.82 Å². The number of aryl methyl sites for hydroxylation is 1. The Morgan fingerprint density at radius 3 is 2.57 bits per heavy atom. The molecule has 122 valence electrons. The van der Waals surface area contributed by atoms with Crippen molar-refractivity contribution >= 4 is 17.7 Å². The van der Waals surface area contributed by atoms with Gasteiger partial charge in [0.25, 0.3) is 5.91 Å². The lowest BCUT2D eigenvalue weighted by Gasteiger charge is -2.15. The van der Waals surface area contributed by atoms with E-state index in [-0.39, 0.29) is 11.7 Å². The minimum absolute atomic E-state index is 0.0578. The number of rotatable bonds is 5. The molecule has 0 aliphatic carbocycles. The number of carbonyl (C=O) groups excluding carboxylic acids is 2. The zero-order chi connectivity index (χ0) is 17.0. The maximum atomic E-state index is 12.1. The largest absolute Gasteiger partial charge is 0.448 e. The molecule has 2 heterocycles. The van der Waals surface area contributed by atoms with E-state index in [1.54, 1.807) is 23.9 Å². The summed E-state index contributed by atoms with van der Waals surface area (Å²) in [6, 6.07) is 1.78. The molecule has 0 aliphatic rings. The van der Waals surface area contributed by atoms with Crippen LogP contribution in [0, 0.1) is 6.92 Å². The van der Waals surface area contributed by atoms with Crippen molar-refractivity contribution < 1.29 is 14.3 Å². The fourth-order valence-corrected chi connectivity index (χ4v) is 1.83. The second-order valence-corrected chi connectivity index (χ2v) is 5.33. The Kier molecular flexibility index (Phi) is 5.05. The second kappa shape index (κ2) is 6.99. The summed E-state index contributed by atoms with van der Waals surface area (Å²) < 4.78 is 6.77. The van der Waals surface area contributed by atoms with E-state index in [1.807, 2.05) is 13.8 Å². The smallest absolute Gasteiger partial charge is 0.359 e. The molecule has 1 N–H and O–H groups in total. The fraction of sp³-hybridized carbons (Fsp3) is 0.400. The van der Waals surface area contributed by atoms with Gasteiger partial charge in [0.2, 0.25) is 0 Å². The van der Waals surface area contributed by atoms with Crippen molar-refractivity contribution in [3.8, 4) is 0 Å². The maximum Gasteiger partial charge on any atom is 0.359 e. The average Bonchev–Trinajstić information content (AvgIpc) is 2.96. The lowest BCUT2D eigenvalue weighted by molar-refractivity contribution is -0.123. The Morgan fingerprint density at radius 2 is 1.96 bits per heavy atom. The zero-order valence-electron chi connectivity index (χ0n) is 13.5. The van der Waals surface area contributed by atoms with Crippen molar-refractivity contribution in [1.29, 1.82) is 0 Å². The van der Waals surface area contributed by atoms with E-state index in [2.05, 4.69) is 20.4 Å². The molecule has 0 radical (unpaired) electrons. The van der Waals surface area contributed by atoms with Gasteiger partial charge in [-0.15, -0.1) is 0 Å². The molecule has 0 aromatic carbocycles. The number of hydrogen-bond acceptors (Lipinski definition) is 6. The van der Waals surface area contributed by atoms with Crippen molar-refractivity contribution in [2.75, 3.05) is 5.32 Å². The Balaban J connectivity index is 1.98. The first-order valence-corrected chi connectivity index (χ1v) is 7.22. The molecule has 0 fully saturated rings. The van der Waals surface area contributed by atoms with Crippen molar-refractivity contribution in [2.24, 2.45) is 0 Å². The van der Waals surface area contributed by atoms with Gasteiger partial charge in [0, 0.05) is 18.3 Å². The van der Waals surface area contributed by atoms with Gasteiger partial charge in [-0.25, -0.2) is 14.5 Å². The SMILES string of the molecule is Cc1cnc(C(=O)O[C@@H](C)C(=O)Nc2ccnn2C(C)C)cn1. The van der Waals surface area contributed by atoms with E-state index in [0.29, 0.717) is 11.5 Å². The number of anilines is 1. The van der Waals surface area contributed by atoms with E-state index in [1.165, 1.54) is 19.3 Å². The molecule has 23 heavy (non-hydrogen) atoms. The molecule has 8 nitrogen and oxygen atoms in total. The number of ether oxygens (including phenoxy) is 1. The lowest BCUT2D eigenvalue weighted by atomic mass is 10.3. The van der Waals surface area contributed by atoms with Gasteiger partial charge in [-0.1, -0.05) is 0 Å². The molecular formula is C15H19N5O3. The number of esters is 1. The van der Waals surface area contributed by atoms with E-state index in [9.17, 15) is 9.59 Å². The molecular weight excluding hydrogens is 298 g/mol. The highest BCUT2D eigenvalue weighted by atomic mass is 16.5. The lowest BCUT2D eigenvalue weighted by Crippen LogP contribution is -2.31. The van der Waals surface area contributed by atoms with E-state index in [4.69, 9.17) is 4.74 Å². The first kappa shape index (κ1) is 16.6. The average molecular weight is 317 g/mol. The summed E-state index contributed by atoms with van der Waals surface area (Å²) in [6.45, 7) is 7.14. The summed E-state index contributed by atoms with van der Waals surface area (Å²) in [5.41, 5.74) is 0.747. The van der Waals surface area contributed by atoms with Gasteiger partial charge < -0.3 is 10.1 Å². The molecule has 0 unspecified atom stereocenters. The van der Waals surface area contributed by atoms with Gasteiger partial charge in [0.15, 0.2) is 11.8 Å². The van der Waals surface area contributed by atoms with Crippen LogP contribution >= 0.6 is 0 Å². The quantitative estimate of drug-likeness (QED) is 0.843. The van der Waals surface area contributed by atoms with Gasteiger partial charge in [-0.3, -0.25) is 9.78 Å². The predicted octanol–water partition coefficient (Wildman–Crippen LogP) is 1.75. The number of nitrogens with one attached hydrogen (secondary N) is 1. The minimum atomic E-state index is -0.971. The number of carbonyl (C=O) groups is 2. The van der Waals surface area contributed by atoms with Gasteiger partial charge in [-0.05, 0) is 27.7 Å². The Morgan fingerprint density at radius 1 is 1.22 bits per heavy atom. The normalized spacial score (nSPS) is 12.0. The Labute approximate surface area is 133 Å². The van der Waals surface area contributed by atoms with Crippen molar-refractivity contribution in [2.45, 2.75) is 39.8 Å². The van der Waals surface area contributed by atoms with Gasteiger partial charge in [-0.2, -0.15) is 5.10 Å². The topological polar surface area (TPSA) is 99.0 Å². The van der Waals surface area contributed by atoms with Crippen LogP contribution in [0.1, 0.15) is 43.0 Å². The van der Waals surface area contributed by atoms with Crippen LogP contribution in [0.25, 0.3) is 0 Å². The third-order valence-electron chi connectivity index (χ3n) is 3.05. The van der Waals surface area contributed by atoms with Crippen LogP contribution in [0.15, 0.2) is 24.7 Å². The predicted molar refractivity (Wildman–Crippen MR) is 82.9 cm³/mol. The highest BCUT2D eigenvalue weighted by Gasteiger charge is 2.21. The maximum absolute atomic E-state index is 12.1. The van der Waals surface area contributed by atoms with Crippen LogP contribution in [-0.4, -0.2) is 37.7 Å². The molecule has 2 aromatic heterocycles. The summed E-state index contributed by atoms with van der Waals surface area (Å²) in [4.78, 5) is 32.0. The molecule has 1 atom stereocenters.